The summed E-state index contributed by atoms with van der Waals surface area (Å²) in [5.41, 5.74) is 1.26. The molecule has 1 fully saturated rings. The van der Waals surface area contributed by atoms with E-state index in [0.29, 0.717) is 19.2 Å². The topological polar surface area (TPSA) is 46.6 Å². The number of hydrogen-bond acceptors (Lipinski definition) is 5. The highest BCUT2D eigenvalue weighted by Crippen LogP contribution is 2.28. The van der Waals surface area contributed by atoms with Crippen molar-refractivity contribution in [3.05, 3.63) is 22.4 Å². The van der Waals surface area contributed by atoms with E-state index in [0.717, 1.165) is 6.54 Å². The Hall–Kier alpha value is -1.20. The second-order valence-electron chi connectivity index (χ2n) is 5.11. The van der Waals surface area contributed by atoms with Crippen LogP contribution in [-0.4, -0.2) is 35.8 Å². The average molecular weight is 295 g/mol. The van der Waals surface area contributed by atoms with Crippen molar-refractivity contribution in [3.63, 3.8) is 0 Å². The minimum atomic E-state index is -0.281. The molecule has 0 saturated heterocycles. The molecular weight excluding hydrogens is 274 g/mol. The van der Waals surface area contributed by atoms with E-state index in [1.54, 1.807) is 18.3 Å². The van der Waals surface area contributed by atoms with Crippen LogP contribution >= 0.6 is 11.3 Å². The Bertz CT molecular complexity index is 440. The summed E-state index contributed by atoms with van der Waals surface area (Å²) in [5, 5.41) is 4.18. The Morgan fingerprint density at radius 1 is 1.40 bits per heavy atom. The van der Waals surface area contributed by atoms with Crippen LogP contribution in [0.4, 0.5) is 0 Å². The fourth-order valence-electron chi connectivity index (χ4n) is 2.15. The fraction of sp³-hybridized carbons (Fsp3) is 0.600. The van der Waals surface area contributed by atoms with Crippen molar-refractivity contribution in [2.45, 2.75) is 45.2 Å². The summed E-state index contributed by atoms with van der Waals surface area (Å²) in [6.07, 6.45) is 2.83. The van der Waals surface area contributed by atoms with Crippen LogP contribution in [0.2, 0.25) is 0 Å². The molecule has 4 nitrogen and oxygen atoms in total. The molecule has 0 aliphatic heterocycles. The molecule has 0 radical (unpaired) electrons. The molecule has 2 rings (SSSR count). The molecule has 20 heavy (non-hydrogen) atoms. The number of nitrogens with zero attached hydrogens (tertiary/aromatic N) is 1. The number of thiophene rings is 1. The van der Waals surface area contributed by atoms with Crippen LogP contribution in [0.5, 0.6) is 0 Å². The number of rotatable bonds is 9. The van der Waals surface area contributed by atoms with Gasteiger partial charge in [0.25, 0.3) is 0 Å². The third-order valence-corrected chi connectivity index (χ3v) is 4.05. The van der Waals surface area contributed by atoms with Crippen LogP contribution in [0, 0.1) is 0 Å². The molecule has 0 atom stereocenters. The van der Waals surface area contributed by atoms with Crippen molar-refractivity contribution in [2.24, 2.45) is 0 Å². The van der Waals surface area contributed by atoms with Crippen molar-refractivity contribution in [2.75, 3.05) is 13.2 Å². The number of esters is 1. The number of ketones is 1. The zero-order valence-electron chi connectivity index (χ0n) is 11.8. The van der Waals surface area contributed by atoms with Gasteiger partial charge in [-0.1, -0.05) is 0 Å². The van der Waals surface area contributed by atoms with Gasteiger partial charge in [-0.15, -0.1) is 0 Å². The second kappa shape index (κ2) is 7.55. The monoisotopic (exact) mass is 295 g/mol. The Morgan fingerprint density at radius 2 is 2.20 bits per heavy atom. The molecule has 1 aromatic heterocycles. The largest absolute Gasteiger partial charge is 0.466 e. The molecule has 0 bridgehead atoms. The Morgan fingerprint density at radius 3 is 2.80 bits per heavy atom. The predicted molar refractivity (Wildman–Crippen MR) is 78.6 cm³/mol. The van der Waals surface area contributed by atoms with E-state index in [-0.39, 0.29) is 24.6 Å². The van der Waals surface area contributed by atoms with E-state index in [9.17, 15) is 9.59 Å². The molecule has 5 heteroatoms. The van der Waals surface area contributed by atoms with Gasteiger partial charge in [0.2, 0.25) is 0 Å². The number of ether oxygens (including phenoxy) is 1. The average Bonchev–Trinajstić information content (AvgIpc) is 3.15. The molecule has 1 heterocycles. The molecule has 0 aromatic carbocycles. The summed E-state index contributed by atoms with van der Waals surface area (Å²) in [7, 11) is 0. The van der Waals surface area contributed by atoms with Gasteiger partial charge in [-0.25, -0.2) is 0 Å². The van der Waals surface area contributed by atoms with E-state index < -0.39 is 0 Å². The lowest BCUT2D eigenvalue weighted by atomic mass is 10.2. The quantitative estimate of drug-likeness (QED) is 0.657. The Balaban J connectivity index is 1.76. The number of Topliss-reactive ketones (excluding diaryl/α,β-unsaturated/α-hetero) is 1. The number of hydrogen-bond donors (Lipinski definition) is 0. The molecule has 1 aliphatic carbocycles. The molecule has 0 amide bonds. The minimum absolute atomic E-state index is 0.125. The summed E-state index contributed by atoms with van der Waals surface area (Å²) in [6, 6.07) is 2.64. The van der Waals surface area contributed by atoms with Gasteiger partial charge in [-0.2, -0.15) is 11.3 Å². The Labute approximate surface area is 123 Å². The molecule has 1 saturated carbocycles. The smallest absolute Gasteiger partial charge is 0.306 e. The predicted octanol–water partition coefficient (Wildman–Crippen LogP) is 2.62. The van der Waals surface area contributed by atoms with Crippen LogP contribution < -0.4 is 0 Å². The van der Waals surface area contributed by atoms with Gasteiger partial charge in [0, 0.05) is 19.0 Å². The molecular formula is C15H21NO3S. The summed E-state index contributed by atoms with van der Waals surface area (Å²) >= 11 is 1.68. The van der Waals surface area contributed by atoms with Crippen molar-refractivity contribution in [3.8, 4) is 0 Å². The zero-order chi connectivity index (χ0) is 14.4. The first-order valence-corrected chi connectivity index (χ1v) is 8.05. The van der Waals surface area contributed by atoms with Gasteiger partial charge in [-0.05, 0) is 42.2 Å². The fourth-order valence-corrected chi connectivity index (χ4v) is 2.81. The third-order valence-electron chi connectivity index (χ3n) is 3.32. The lowest BCUT2D eigenvalue weighted by Crippen LogP contribution is -2.31. The summed E-state index contributed by atoms with van der Waals surface area (Å²) < 4.78 is 4.84. The zero-order valence-corrected chi connectivity index (χ0v) is 12.7. The van der Waals surface area contributed by atoms with Crippen molar-refractivity contribution < 1.29 is 14.3 Å². The van der Waals surface area contributed by atoms with Crippen molar-refractivity contribution >= 4 is 23.1 Å². The number of carbonyl (C=O) groups is 2. The summed E-state index contributed by atoms with van der Waals surface area (Å²) in [4.78, 5) is 25.5. The number of carbonyl (C=O) groups excluding carboxylic acids is 2. The summed E-state index contributed by atoms with van der Waals surface area (Å²) in [6.45, 7) is 3.42. The van der Waals surface area contributed by atoms with Crippen molar-refractivity contribution in [1.29, 1.82) is 0 Å². The maximum atomic E-state index is 12.0. The van der Waals surface area contributed by atoms with Gasteiger partial charge in [-0.3, -0.25) is 14.5 Å². The molecule has 0 spiro atoms. The molecule has 110 valence electrons. The van der Waals surface area contributed by atoms with Crippen LogP contribution in [-0.2, 0) is 20.9 Å². The van der Waals surface area contributed by atoms with Gasteiger partial charge in [0.05, 0.1) is 19.6 Å². The van der Waals surface area contributed by atoms with Gasteiger partial charge < -0.3 is 4.74 Å². The van der Waals surface area contributed by atoms with Gasteiger partial charge in [0.1, 0.15) is 5.78 Å². The first kappa shape index (κ1) is 15.2. The Kier molecular flexibility index (Phi) is 5.73. The molecule has 0 unspecified atom stereocenters. The van der Waals surface area contributed by atoms with Gasteiger partial charge >= 0.3 is 5.97 Å². The highest BCUT2D eigenvalue weighted by atomic mass is 32.1. The summed E-state index contributed by atoms with van der Waals surface area (Å²) in [5.74, 6) is -0.156. The van der Waals surface area contributed by atoms with Crippen molar-refractivity contribution in [1.82, 2.24) is 4.90 Å². The van der Waals surface area contributed by atoms with Crippen LogP contribution in [0.15, 0.2) is 16.8 Å². The van der Waals surface area contributed by atoms with Gasteiger partial charge in [0.15, 0.2) is 0 Å². The highest BCUT2D eigenvalue weighted by molar-refractivity contribution is 7.07. The van der Waals surface area contributed by atoms with Crippen LogP contribution in [0.3, 0.4) is 0 Å². The standard InChI is InChI=1S/C15H21NO3S/c1-2-19-15(18)6-5-14(17)10-16(13-3-4-13)9-12-7-8-20-11-12/h7-8,11,13H,2-6,9-10H2,1H3. The highest BCUT2D eigenvalue weighted by Gasteiger charge is 2.30. The molecule has 1 aliphatic rings. The van der Waals surface area contributed by atoms with E-state index in [4.69, 9.17) is 4.74 Å². The van der Waals surface area contributed by atoms with E-state index in [2.05, 4.69) is 21.7 Å². The maximum Gasteiger partial charge on any atom is 0.306 e. The minimum Gasteiger partial charge on any atom is -0.466 e. The molecule has 0 N–H and O–H groups in total. The second-order valence-corrected chi connectivity index (χ2v) is 5.89. The van der Waals surface area contributed by atoms with E-state index in [1.807, 2.05) is 0 Å². The normalized spacial score (nSPS) is 14.5. The third kappa shape index (κ3) is 5.06. The van der Waals surface area contributed by atoms with E-state index >= 15 is 0 Å². The molecule has 1 aromatic rings. The lowest BCUT2D eigenvalue weighted by Gasteiger charge is -2.20. The first-order valence-electron chi connectivity index (χ1n) is 7.11. The van der Waals surface area contributed by atoms with Crippen LogP contribution in [0.1, 0.15) is 38.2 Å². The lowest BCUT2D eigenvalue weighted by molar-refractivity contribution is -0.144. The first-order chi connectivity index (χ1) is 9.69. The van der Waals surface area contributed by atoms with Crippen LogP contribution in [0.25, 0.3) is 0 Å². The van der Waals surface area contributed by atoms with E-state index in [1.165, 1.54) is 18.4 Å². The maximum absolute atomic E-state index is 12.0. The SMILES string of the molecule is CCOC(=O)CCC(=O)CN(Cc1ccsc1)C1CC1.